The van der Waals surface area contributed by atoms with Crippen LogP contribution in [0.15, 0.2) is 76.6 Å². The van der Waals surface area contributed by atoms with Gasteiger partial charge in [-0.05, 0) is 48.0 Å². The van der Waals surface area contributed by atoms with Crippen molar-refractivity contribution >= 4 is 29.1 Å². The summed E-state index contributed by atoms with van der Waals surface area (Å²) >= 11 is 5.97. The fourth-order valence-corrected chi connectivity index (χ4v) is 3.37. The van der Waals surface area contributed by atoms with Crippen LogP contribution >= 0.6 is 11.6 Å². The first-order valence-corrected chi connectivity index (χ1v) is 11.5. The molecule has 2 aromatic carbocycles. The largest absolute Gasteiger partial charge is 0.424 e. The maximum Gasteiger partial charge on any atom is 0.355 e. The summed E-state index contributed by atoms with van der Waals surface area (Å²) in [5.41, 5.74) is -0.397. The lowest BCUT2D eigenvalue weighted by molar-refractivity contribution is -0.121. The SMILES string of the molecule is O=C(Cn1c(=O)nc(Nc2ccc(Oc3ncccn3)cc2)n(Cc2ccc(Cl)cc2)c1=O)NCCO. The van der Waals surface area contributed by atoms with Gasteiger partial charge in [0.25, 0.3) is 0 Å². The summed E-state index contributed by atoms with van der Waals surface area (Å²) in [4.78, 5) is 50.1. The Kier molecular flexibility index (Phi) is 8.23. The average molecular weight is 524 g/mol. The molecule has 0 fully saturated rings. The molecule has 37 heavy (non-hydrogen) atoms. The molecule has 3 N–H and O–H groups in total. The van der Waals surface area contributed by atoms with E-state index in [0.717, 1.165) is 10.1 Å². The van der Waals surface area contributed by atoms with Gasteiger partial charge in [0.1, 0.15) is 12.3 Å². The first-order chi connectivity index (χ1) is 17.9. The monoisotopic (exact) mass is 523 g/mol. The Bertz CT molecular complexity index is 1470. The van der Waals surface area contributed by atoms with Gasteiger partial charge in [0.05, 0.1) is 13.2 Å². The van der Waals surface area contributed by atoms with Crippen molar-refractivity contribution < 1.29 is 14.6 Å². The van der Waals surface area contributed by atoms with E-state index in [0.29, 0.717) is 16.5 Å². The van der Waals surface area contributed by atoms with Crippen LogP contribution in [-0.4, -0.2) is 48.3 Å². The number of hydrogen-bond acceptors (Lipinski definition) is 9. The Morgan fingerprint density at radius 3 is 2.38 bits per heavy atom. The molecule has 2 heterocycles. The number of aromatic nitrogens is 5. The van der Waals surface area contributed by atoms with E-state index in [2.05, 4.69) is 25.6 Å². The lowest BCUT2D eigenvalue weighted by Crippen LogP contribution is -2.46. The Hall–Kier alpha value is -4.55. The summed E-state index contributed by atoms with van der Waals surface area (Å²) in [6.45, 7) is -0.768. The van der Waals surface area contributed by atoms with Crippen molar-refractivity contribution in [2.45, 2.75) is 13.1 Å². The predicted octanol–water partition coefficient (Wildman–Crippen LogP) is 1.54. The molecule has 190 valence electrons. The number of hydrogen-bond donors (Lipinski definition) is 3. The standard InChI is InChI=1S/C24H22ClN7O5/c25-17-4-2-16(3-5-17)14-31-21(30-23(35)32(24(31)36)15-20(34)26-12-13-33)29-18-6-8-19(9-7-18)37-22-27-10-1-11-28-22/h1-11,33H,12-15H2,(H,26,34)(H,29,30,35). The fraction of sp³-hybridized carbons (Fsp3) is 0.167. The normalized spacial score (nSPS) is 10.6. The Labute approximate surface area is 215 Å². The van der Waals surface area contributed by atoms with E-state index in [9.17, 15) is 14.4 Å². The Morgan fingerprint density at radius 1 is 1.00 bits per heavy atom. The molecule has 0 spiro atoms. The molecule has 0 atom stereocenters. The van der Waals surface area contributed by atoms with Crippen LogP contribution in [0.1, 0.15) is 5.56 Å². The highest BCUT2D eigenvalue weighted by atomic mass is 35.5. The van der Waals surface area contributed by atoms with E-state index in [1.807, 2.05) is 0 Å². The minimum atomic E-state index is -0.903. The zero-order chi connectivity index (χ0) is 26.2. The van der Waals surface area contributed by atoms with Crippen LogP contribution < -0.4 is 26.7 Å². The lowest BCUT2D eigenvalue weighted by Gasteiger charge is -2.16. The van der Waals surface area contributed by atoms with Crippen LogP contribution in [0.4, 0.5) is 11.6 Å². The van der Waals surface area contributed by atoms with E-state index in [1.54, 1.807) is 67.0 Å². The number of halogens is 1. The van der Waals surface area contributed by atoms with Gasteiger partial charge < -0.3 is 20.5 Å². The number of aliphatic hydroxyl groups is 1. The van der Waals surface area contributed by atoms with Gasteiger partial charge in [0.15, 0.2) is 0 Å². The van der Waals surface area contributed by atoms with E-state index >= 15 is 0 Å². The molecule has 4 rings (SSSR count). The summed E-state index contributed by atoms with van der Waals surface area (Å²) in [5, 5.41) is 14.8. The highest BCUT2D eigenvalue weighted by Gasteiger charge is 2.16. The number of aliphatic hydroxyl groups excluding tert-OH is 1. The average Bonchev–Trinajstić information content (AvgIpc) is 2.90. The third kappa shape index (κ3) is 6.78. The van der Waals surface area contributed by atoms with Gasteiger partial charge >= 0.3 is 17.4 Å². The quantitative estimate of drug-likeness (QED) is 0.281. The molecule has 0 bridgehead atoms. The lowest BCUT2D eigenvalue weighted by atomic mass is 10.2. The number of benzene rings is 2. The molecule has 0 aliphatic carbocycles. The molecule has 0 saturated carbocycles. The van der Waals surface area contributed by atoms with Crippen molar-refractivity contribution in [3.63, 3.8) is 0 Å². The van der Waals surface area contributed by atoms with Gasteiger partial charge in [0, 0.05) is 29.6 Å². The molecule has 0 radical (unpaired) electrons. The molecule has 12 nitrogen and oxygen atoms in total. The molecule has 0 aliphatic rings. The van der Waals surface area contributed by atoms with Crippen molar-refractivity contribution in [1.29, 1.82) is 0 Å². The summed E-state index contributed by atoms with van der Waals surface area (Å²) in [7, 11) is 0. The first-order valence-electron chi connectivity index (χ1n) is 11.1. The molecule has 4 aromatic rings. The number of carbonyl (C=O) groups is 1. The number of anilines is 2. The predicted molar refractivity (Wildman–Crippen MR) is 135 cm³/mol. The van der Waals surface area contributed by atoms with Gasteiger partial charge in [0.2, 0.25) is 11.9 Å². The van der Waals surface area contributed by atoms with Crippen LogP contribution in [0, 0.1) is 0 Å². The maximum absolute atomic E-state index is 13.3. The van der Waals surface area contributed by atoms with Crippen LogP contribution in [0.3, 0.4) is 0 Å². The van der Waals surface area contributed by atoms with Crippen molar-refractivity contribution in [1.82, 2.24) is 29.4 Å². The van der Waals surface area contributed by atoms with E-state index in [4.69, 9.17) is 21.4 Å². The van der Waals surface area contributed by atoms with Gasteiger partial charge in [-0.3, -0.25) is 9.36 Å². The number of rotatable bonds is 10. The minimum absolute atomic E-state index is 0.00424. The van der Waals surface area contributed by atoms with Gasteiger partial charge in [-0.25, -0.2) is 24.1 Å². The van der Waals surface area contributed by atoms with E-state index in [-0.39, 0.29) is 31.7 Å². The number of ether oxygens (including phenoxy) is 1. The molecule has 0 aliphatic heterocycles. The highest BCUT2D eigenvalue weighted by Crippen LogP contribution is 2.21. The zero-order valence-electron chi connectivity index (χ0n) is 19.4. The van der Waals surface area contributed by atoms with Crippen molar-refractivity contribution in [2.24, 2.45) is 0 Å². The molecule has 1 amide bonds. The molecule has 0 unspecified atom stereocenters. The van der Waals surface area contributed by atoms with Crippen molar-refractivity contribution in [2.75, 3.05) is 18.5 Å². The van der Waals surface area contributed by atoms with Gasteiger partial charge in [-0.15, -0.1) is 0 Å². The summed E-state index contributed by atoms with van der Waals surface area (Å²) in [5.74, 6) is -0.142. The second-order valence-corrected chi connectivity index (χ2v) is 8.09. The summed E-state index contributed by atoms with van der Waals surface area (Å²) in [6, 6.07) is 15.3. The van der Waals surface area contributed by atoms with Crippen LogP contribution in [0.5, 0.6) is 11.8 Å². The molecule has 0 saturated heterocycles. The number of amides is 1. The zero-order valence-corrected chi connectivity index (χ0v) is 20.1. The topological polar surface area (TPSA) is 153 Å². The van der Waals surface area contributed by atoms with Crippen LogP contribution in [0.2, 0.25) is 5.02 Å². The summed E-state index contributed by atoms with van der Waals surface area (Å²) in [6.07, 6.45) is 3.12. The highest BCUT2D eigenvalue weighted by molar-refractivity contribution is 6.30. The summed E-state index contributed by atoms with van der Waals surface area (Å²) < 4.78 is 7.55. The second-order valence-electron chi connectivity index (χ2n) is 7.66. The van der Waals surface area contributed by atoms with Crippen LogP contribution in [0.25, 0.3) is 0 Å². The van der Waals surface area contributed by atoms with Crippen molar-refractivity contribution in [3.8, 4) is 11.8 Å². The number of nitrogens with one attached hydrogen (secondary N) is 2. The fourth-order valence-electron chi connectivity index (χ4n) is 3.25. The smallest absolute Gasteiger partial charge is 0.355 e. The molecule has 2 aromatic heterocycles. The van der Waals surface area contributed by atoms with E-state index in [1.165, 1.54) is 4.57 Å². The van der Waals surface area contributed by atoms with Crippen molar-refractivity contribution in [3.05, 3.63) is 98.5 Å². The number of carbonyl (C=O) groups excluding carboxylic acids is 1. The maximum atomic E-state index is 13.3. The molecular weight excluding hydrogens is 502 g/mol. The van der Waals surface area contributed by atoms with E-state index < -0.39 is 23.8 Å². The molecule has 13 heteroatoms. The third-order valence-corrected chi connectivity index (χ3v) is 5.25. The number of nitrogens with zero attached hydrogens (tertiary/aromatic N) is 5. The minimum Gasteiger partial charge on any atom is -0.424 e. The Balaban J connectivity index is 1.64. The van der Waals surface area contributed by atoms with Gasteiger partial charge in [-0.1, -0.05) is 23.7 Å². The van der Waals surface area contributed by atoms with Crippen LogP contribution in [-0.2, 0) is 17.9 Å². The Morgan fingerprint density at radius 2 is 1.70 bits per heavy atom. The second kappa shape index (κ2) is 11.9. The third-order valence-electron chi connectivity index (χ3n) is 5.00. The molecular formula is C24H22ClN7O5. The first kappa shape index (κ1) is 25.5. The van der Waals surface area contributed by atoms with Gasteiger partial charge in [-0.2, -0.15) is 4.98 Å².